The monoisotopic (exact) mass is 513 g/mol. The summed E-state index contributed by atoms with van der Waals surface area (Å²) >= 11 is 0. The van der Waals surface area contributed by atoms with Crippen molar-refractivity contribution in [2.24, 2.45) is 5.73 Å². The molecule has 0 radical (unpaired) electrons. The Morgan fingerprint density at radius 3 is 2.79 bits per heavy atom. The lowest BCUT2D eigenvalue weighted by atomic mass is 10.0. The minimum absolute atomic E-state index is 0.00910. The molecule has 9 heteroatoms. The van der Waals surface area contributed by atoms with Gasteiger partial charge in [0.2, 0.25) is 0 Å². The van der Waals surface area contributed by atoms with Gasteiger partial charge in [-0.25, -0.2) is 4.98 Å². The smallest absolute Gasteiger partial charge is 0.131 e. The number of aryl methyl sites for hydroxylation is 1. The number of pyridine rings is 2. The molecule has 3 atom stereocenters. The number of nitrogens with zero attached hydrogens (tertiary/aromatic N) is 7. The normalized spacial score (nSPS) is 25.1. The molecule has 3 aliphatic rings. The van der Waals surface area contributed by atoms with E-state index in [2.05, 4.69) is 50.6 Å². The van der Waals surface area contributed by atoms with E-state index in [1.807, 2.05) is 24.4 Å². The van der Waals surface area contributed by atoms with Crippen LogP contribution in [0.1, 0.15) is 19.4 Å². The summed E-state index contributed by atoms with van der Waals surface area (Å²) in [4.78, 5) is 19.1. The molecule has 198 valence electrons. The van der Waals surface area contributed by atoms with Gasteiger partial charge in [0.05, 0.1) is 37.5 Å². The van der Waals surface area contributed by atoms with Crippen LogP contribution in [0.25, 0.3) is 10.9 Å². The Morgan fingerprint density at radius 1 is 1.08 bits per heavy atom. The van der Waals surface area contributed by atoms with Gasteiger partial charge in [-0.3, -0.25) is 9.88 Å². The first-order chi connectivity index (χ1) is 18.9. The van der Waals surface area contributed by atoms with Gasteiger partial charge in [-0.15, -0.1) is 0 Å². The van der Waals surface area contributed by atoms with Crippen LogP contribution in [0.4, 0.5) is 17.2 Å². The molecule has 0 bridgehead atoms. The zero-order valence-corrected chi connectivity index (χ0v) is 22.2. The summed E-state index contributed by atoms with van der Waals surface area (Å²) in [6, 6.07) is 12.7. The van der Waals surface area contributed by atoms with Crippen LogP contribution in [0.15, 0.2) is 42.7 Å². The third-order valence-corrected chi connectivity index (χ3v) is 8.16. The third kappa shape index (κ3) is 4.64. The van der Waals surface area contributed by atoms with E-state index < -0.39 is 0 Å². The molecule has 3 aliphatic heterocycles. The number of anilines is 3. The lowest BCUT2D eigenvalue weighted by Gasteiger charge is -2.51. The molecule has 9 nitrogen and oxygen atoms in total. The maximum Gasteiger partial charge on any atom is 0.131 e. The van der Waals surface area contributed by atoms with Crippen molar-refractivity contribution in [3.05, 3.63) is 53.8 Å². The van der Waals surface area contributed by atoms with Crippen molar-refractivity contribution in [3.8, 4) is 6.07 Å². The van der Waals surface area contributed by atoms with E-state index in [9.17, 15) is 5.26 Å². The van der Waals surface area contributed by atoms with Crippen LogP contribution in [-0.2, 0) is 4.74 Å². The van der Waals surface area contributed by atoms with Gasteiger partial charge in [0.1, 0.15) is 11.9 Å². The number of hydrogen-bond acceptors (Lipinski definition) is 9. The molecule has 2 N–H and O–H groups in total. The van der Waals surface area contributed by atoms with Crippen LogP contribution in [0.5, 0.6) is 0 Å². The van der Waals surface area contributed by atoms with E-state index in [-0.39, 0.29) is 12.2 Å². The van der Waals surface area contributed by atoms with Crippen LogP contribution in [0, 0.1) is 18.3 Å². The van der Waals surface area contributed by atoms with Crippen molar-refractivity contribution in [2.45, 2.75) is 32.0 Å². The number of benzene rings is 1. The molecule has 0 amide bonds. The Morgan fingerprint density at radius 2 is 1.95 bits per heavy atom. The lowest BCUT2D eigenvalue weighted by molar-refractivity contribution is 0.108. The van der Waals surface area contributed by atoms with E-state index in [4.69, 9.17) is 16.8 Å². The second-order valence-electron chi connectivity index (χ2n) is 10.8. The van der Waals surface area contributed by atoms with E-state index in [1.54, 1.807) is 6.07 Å². The number of nitrogens with two attached hydrogens (primary N) is 1. The van der Waals surface area contributed by atoms with Crippen LogP contribution in [-0.4, -0.2) is 92.0 Å². The molecule has 0 unspecified atom stereocenters. The molecule has 0 spiro atoms. The van der Waals surface area contributed by atoms with Gasteiger partial charge in [0, 0.05) is 81.2 Å². The lowest BCUT2D eigenvalue weighted by Crippen LogP contribution is -2.65. The Kier molecular flexibility index (Phi) is 6.45. The maximum absolute atomic E-state index is 9.60. The summed E-state index contributed by atoms with van der Waals surface area (Å²) in [5.41, 5.74) is 10.7. The van der Waals surface area contributed by atoms with Crippen molar-refractivity contribution >= 4 is 28.1 Å². The third-order valence-electron chi connectivity index (χ3n) is 8.16. The van der Waals surface area contributed by atoms with E-state index in [0.717, 1.165) is 68.4 Å². The molecule has 0 aliphatic carbocycles. The highest BCUT2D eigenvalue weighted by molar-refractivity contribution is 5.95. The van der Waals surface area contributed by atoms with Crippen LogP contribution in [0.3, 0.4) is 0 Å². The van der Waals surface area contributed by atoms with Gasteiger partial charge in [-0.1, -0.05) is 0 Å². The zero-order chi connectivity index (χ0) is 27.1. The van der Waals surface area contributed by atoms with Crippen molar-refractivity contribution in [3.63, 3.8) is 0 Å². The molecule has 3 fully saturated rings. The first kappa shape index (κ1) is 23.7. The molecule has 0 saturated carbocycles. The minimum atomic E-state index is 0.00910. The molecule has 3 saturated heterocycles. The molecule has 38 heavy (non-hydrogen) atoms. The molecule has 3 aromatic rings. The Labute approximate surface area is 225 Å². The highest BCUT2D eigenvalue weighted by Gasteiger charge is 2.37. The summed E-state index contributed by atoms with van der Waals surface area (Å²) in [6.07, 6.45) is 2.16. The van der Waals surface area contributed by atoms with Gasteiger partial charge in [0.15, 0.2) is 0 Å². The van der Waals surface area contributed by atoms with Gasteiger partial charge in [0.25, 0.3) is 0 Å². The summed E-state index contributed by atoms with van der Waals surface area (Å²) in [7, 11) is 0. The molecule has 1 aromatic carbocycles. The maximum atomic E-state index is 9.60. The molecular formula is C29H36N8O. The van der Waals surface area contributed by atoms with Gasteiger partial charge >= 0.3 is 0 Å². The molecule has 2 aromatic heterocycles. The Bertz CT molecular complexity index is 1410. The predicted molar refractivity (Wildman–Crippen MR) is 151 cm³/mol. The number of nitriles is 1. The van der Waals surface area contributed by atoms with E-state index in [0.29, 0.717) is 36.4 Å². The first-order valence-corrected chi connectivity index (χ1v) is 13.5. The highest BCUT2D eigenvalue weighted by atomic mass is 16.5. The first-order valence-electron chi connectivity index (χ1n) is 14.0. The second-order valence-corrected chi connectivity index (χ2v) is 10.8. The number of piperazine rings is 2. The number of ether oxygens (including phenoxy) is 1. The van der Waals surface area contributed by atoms with Gasteiger partial charge < -0.3 is 25.2 Å². The average Bonchev–Trinajstić information content (AvgIpc) is 3.16. The van der Waals surface area contributed by atoms with Crippen LogP contribution < -0.4 is 20.4 Å². The summed E-state index contributed by atoms with van der Waals surface area (Å²) in [5.74, 6) is 1.05. The predicted octanol–water partition coefficient (Wildman–Crippen LogP) is 2.37. The highest BCUT2D eigenvalue weighted by Crippen LogP contribution is 2.33. The average molecular weight is 514 g/mol. The fraction of sp³-hybridized carbons (Fsp3) is 0.483. The summed E-state index contributed by atoms with van der Waals surface area (Å²) in [6.45, 7) is 12.0. The Hall–Kier alpha value is -3.45. The van der Waals surface area contributed by atoms with Crippen LogP contribution >= 0.6 is 0 Å². The fourth-order valence-electron chi connectivity index (χ4n) is 6.35. The van der Waals surface area contributed by atoms with Crippen molar-refractivity contribution in [1.82, 2.24) is 14.9 Å². The van der Waals surface area contributed by atoms with Gasteiger partial charge in [-0.2, -0.15) is 5.26 Å². The van der Waals surface area contributed by atoms with Gasteiger partial charge in [-0.05, 0) is 49.7 Å². The second kappa shape index (κ2) is 10.4. The fourth-order valence-corrected chi connectivity index (χ4v) is 6.35. The molecule has 6 rings (SSSR count). The largest absolute Gasteiger partial charge is 0.378 e. The Balaban J connectivity index is 1.23. The molecule has 5 heterocycles. The summed E-state index contributed by atoms with van der Waals surface area (Å²) in [5, 5.41) is 10.5. The van der Waals surface area contributed by atoms with E-state index in [1.165, 1.54) is 5.56 Å². The topological polar surface area (TPSA) is 97.8 Å². The number of aromatic nitrogens is 2. The van der Waals surface area contributed by atoms with E-state index >= 15 is 0 Å². The van der Waals surface area contributed by atoms with Crippen molar-refractivity contribution in [1.29, 1.82) is 5.26 Å². The summed E-state index contributed by atoms with van der Waals surface area (Å²) < 4.78 is 13.6. The molecular weight excluding hydrogens is 476 g/mol. The SMILES string of the molecule is [2H]c1ccc2c(N3C[C@@H]4CN(c5ncc(N6CCOC[C@H](N)C6)cc5C)CCN4[C@@H](C)C3)ccc(C#N)c2n1. The van der Waals surface area contributed by atoms with Crippen molar-refractivity contribution in [2.75, 3.05) is 73.7 Å². The number of rotatable bonds is 3. The standard InChI is InChI=1S/C29H36N8O/c1-20-12-24(34-10-11-38-19-23(31)16-34)14-33-29(20)35-8-9-37-21(2)15-36(18-25(37)17-35)27-6-5-22(13-30)28-26(27)4-3-7-32-28/h3-7,12,14,21,23,25H,8-11,15-19,31H2,1-2H3/t21-,23+,25-/m0/s1/i7D. The number of hydrogen-bond donors (Lipinski definition) is 1. The minimum Gasteiger partial charge on any atom is -0.378 e. The number of fused-ring (bicyclic) bond motifs is 2. The van der Waals surface area contributed by atoms with Crippen LogP contribution in [0.2, 0.25) is 0 Å². The van der Waals surface area contributed by atoms with Crippen molar-refractivity contribution < 1.29 is 6.11 Å². The zero-order valence-electron chi connectivity index (χ0n) is 23.2. The quantitative estimate of drug-likeness (QED) is 0.566.